The molecule has 5 heteroatoms. The summed E-state index contributed by atoms with van der Waals surface area (Å²) in [6, 6.07) is 2.21. The van der Waals surface area contributed by atoms with Gasteiger partial charge in [0.05, 0.1) is 4.99 Å². The van der Waals surface area contributed by atoms with Gasteiger partial charge < -0.3 is 15.8 Å². The van der Waals surface area contributed by atoms with Crippen LogP contribution in [-0.4, -0.2) is 17.6 Å². The molecule has 2 heterocycles. The van der Waals surface area contributed by atoms with E-state index in [0.717, 1.165) is 16.4 Å². The van der Waals surface area contributed by atoms with E-state index in [1.807, 2.05) is 0 Å². The second kappa shape index (κ2) is 4.86. The zero-order valence-corrected chi connectivity index (χ0v) is 13.9. The quantitative estimate of drug-likeness (QED) is 0.781. The number of nitrogens with one attached hydrogen (secondary N) is 1. The van der Waals surface area contributed by atoms with Gasteiger partial charge in [0.1, 0.15) is 11.9 Å². The summed E-state index contributed by atoms with van der Waals surface area (Å²) < 4.78 is 6.13. The third-order valence-electron chi connectivity index (χ3n) is 4.49. The molecule has 3 N–H and O–H groups in total. The predicted molar refractivity (Wildman–Crippen MR) is 89.6 cm³/mol. The maximum atomic E-state index is 6.13. The van der Waals surface area contributed by atoms with E-state index in [0.29, 0.717) is 12.5 Å². The Morgan fingerprint density at radius 3 is 2.70 bits per heavy atom. The average Bonchev–Trinajstić information content (AvgIpc) is 2.78. The van der Waals surface area contributed by atoms with Crippen LogP contribution in [0.4, 0.5) is 5.69 Å². The number of anilines is 1. The lowest BCUT2D eigenvalue weighted by molar-refractivity contribution is 0.217. The summed E-state index contributed by atoms with van der Waals surface area (Å²) in [5, 5.41) is 3.35. The predicted octanol–water partition coefficient (Wildman–Crippen LogP) is 3.27. The second-order valence-electron chi connectivity index (χ2n) is 6.12. The van der Waals surface area contributed by atoms with Crippen LogP contribution in [0.25, 0.3) is 0 Å². The first-order chi connectivity index (χ1) is 8.87. The first-order valence-corrected chi connectivity index (χ1v) is 7.15. The van der Waals surface area contributed by atoms with Gasteiger partial charge in [-0.25, -0.2) is 0 Å². The molecule has 0 radical (unpaired) electrons. The van der Waals surface area contributed by atoms with Crippen molar-refractivity contribution in [1.29, 1.82) is 0 Å². The van der Waals surface area contributed by atoms with Crippen molar-refractivity contribution in [2.75, 3.05) is 11.9 Å². The van der Waals surface area contributed by atoms with Crippen molar-refractivity contribution in [3.05, 3.63) is 22.8 Å². The van der Waals surface area contributed by atoms with Crippen LogP contribution in [-0.2, 0) is 5.41 Å². The van der Waals surface area contributed by atoms with Crippen LogP contribution in [0.2, 0.25) is 0 Å². The van der Waals surface area contributed by atoms with Crippen LogP contribution in [0.3, 0.4) is 0 Å². The highest BCUT2D eigenvalue weighted by atomic mass is 35.5. The minimum Gasteiger partial charge on any atom is -0.488 e. The number of aryl methyl sites for hydroxylation is 1. The Morgan fingerprint density at radius 1 is 1.45 bits per heavy atom. The molecule has 0 aliphatic carbocycles. The summed E-state index contributed by atoms with van der Waals surface area (Å²) in [6.45, 7) is 9.15. The second-order valence-corrected chi connectivity index (χ2v) is 6.53. The monoisotopic (exact) mass is 312 g/mol. The van der Waals surface area contributed by atoms with Gasteiger partial charge in [-0.15, -0.1) is 12.4 Å². The van der Waals surface area contributed by atoms with Gasteiger partial charge >= 0.3 is 0 Å². The standard InChI is InChI=1S/C15H20N2OS.ClH/c1-7-5-9-8(2)10(6-16)18-13(9)11-12(7)17-14(19)15(11,3)4;/h5,8,10H,6,16H2,1-4H3,(H,17,19);1H/t8-,10-;/m0./s1. The summed E-state index contributed by atoms with van der Waals surface area (Å²) in [7, 11) is 0. The SMILES string of the molecule is Cc1cc2c(c3c1NC(=S)C3(C)C)O[C@@H](CN)[C@H]2C.Cl. The normalized spacial score (nSPS) is 25.4. The van der Waals surface area contributed by atoms with Gasteiger partial charge in [0.2, 0.25) is 0 Å². The maximum Gasteiger partial charge on any atom is 0.129 e. The Morgan fingerprint density at radius 2 is 2.10 bits per heavy atom. The van der Waals surface area contributed by atoms with Crippen molar-refractivity contribution < 1.29 is 4.74 Å². The van der Waals surface area contributed by atoms with Gasteiger partial charge in [-0.3, -0.25) is 0 Å². The fraction of sp³-hybridized carbons (Fsp3) is 0.533. The number of hydrogen-bond acceptors (Lipinski definition) is 3. The average molecular weight is 313 g/mol. The molecule has 1 aromatic carbocycles. The number of thiocarbonyl (C=S) groups is 1. The molecule has 0 unspecified atom stereocenters. The van der Waals surface area contributed by atoms with Crippen molar-refractivity contribution in [3.63, 3.8) is 0 Å². The summed E-state index contributed by atoms with van der Waals surface area (Å²) in [6.07, 6.45) is 0.0749. The molecule has 0 bridgehead atoms. The molecule has 2 atom stereocenters. The largest absolute Gasteiger partial charge is 0.488 e. The number of halogens is 1. The van der Waals surface area contributed by atoms with E-state index >= 15 is 0 Å². The summed E-state index contributed by atoms with van der Waals surface area (Å²) in [5.74, 6) is 1.34. The van der Waals surface area contributed by atoms with Crippen LogP contribution >= 0.6 is 24.6 Å². The van der Waals surface area contributed by atoms with Crippen LogP contribution in [0.5, 0.6) is 5.75 Å². The van der Waals surface area contributed by atoms with Gasteiger partial charge in [0.15, 0.2) is 0 Å². The van der Waals surface area contributed by atoms with Crippen molar-refractivity contribution in [2.45, 2.75) is 45.1 Å². The molecular formula is C15H21ClN2OS. The molecule has 3 rings (SSSR count). The highest BCUT2D eigenvalue weighted by Crippen LogP contribution is 2.52. The molecule has 20 heavy (non-hydrogen) atoms. The minimum absolute atomic E-state index is 0. The summed E-state index contributed by atoms with van der Waals surface area (Å²) in [5.41, 5.74) is 10.5. The molecule has 0 aromatic heterocycles. The molecule has 3 nitrogen and oxygen atoms in total. The van der Waals surface area contributed by atoms with E-state index in [1.165, 1.54) is 16.7 Å². The first kappa shape index (κ1) is 15.5. The van der Waals surface area contributed by atoms with E-state index in [9.17, 15) is 0 Å². The molecule has 0 amide bonds. The van der Waals surface area contributed by atoms with Crippen molar-refractivity contribution >= 4 is 35.3 Å². The number of fused-ring (bicyclic) bond motifs is 3. The van der Waals surface area contributed by atoms with Gasteiger partial charge in [-0.05, 0) is 32.4 Å². The van der Waals surface area contributed by atoms with E-state index < -0.39 is 0 Å². The number of nitrogens with two attached hydrogens (primary N) is 1. The van der Waals surface area contributed by atoms with Gasteiger partial charge in [-0.1, -0.05) is 19.1 Å². The van der Waals surface area contributed by atoms with Crippen molar-refractivity contribution in [3.8, 4) is 5.75 Å². The van der Waals surface area contributed by atoms with Crippen molar-refractivity contribution in [1.82, 2.24) is 0 Å². The fourth-order valence-corrected chi connectivity index (χ4v) is 3.34. The van der Waals surface area contributed by atoms with Gasteiger partial charge in [-0.2, -0.15) is 0 Å². The Kier molecular flexibility index (Phi) is 3.78. The zero-order valence-electron chi connectivity index (χ0n) is 12.2. The molecular weight excluding hydrogens is 292 g/mol. The molecule has 2 aliphatic rings. The lowest BCUT2D eigenvalue weighted by atomic mass is 9.83. The highest BCUT2D eigenvalue weighted by Gasteiger charge is 2.43. The highest BCUT2D eigenvalue weighted by molar-refractivity contribution is 7.80. The number of rotatable bonds is 1. The van der Waals surface area contributed by atoms with Crippen LogP contribution in [0, 0.1) is 6.92 Å². The van der Waals surface area contributed by atoms with Gasteiger partial charge in [0.25, 0.3) is 0 Å². The minimum atomic E-state index is -0.177. The Hall–Kier alpha value is -0.840. The Bertz CT molecular complexity index is 586. The third-order valence-corrected chi connectivity index (χ3v) is 5.10. The molecule has 110 valence electrons. The van der Waals surface area contributed by atoms with E-state index in [2.05, 4.69) is 39.1 Å². The number of hydrogen-bond donors (Lipinski definition) is 2. The molecule has 0 spiro atoms. The Balaban J connectivity index is 0.00000147. The maximum absolute atomic E-state index is 6.13. The van der Waals surface area contributed by atoms with E-state index in [-0.39, 0.29) is 23.9 Å². The third kappa shape index (κ3) is 1.85. The summed E-state index contributed by atoms with van der Waals surface area (Å²) in [4.78, 5) is 0.867. The Labute approximate surface area is 131 Å². The van der Waals surface area contributed by atoms with E-state index in [1.54, 1.807) is 0 Å². The zero-order chi connectivity index (χ0) is 13.9. The van der Waals surface area contributed by atoms with Crippen LogP contribution in [0.15, 0.2) is 6.07 Å². The number of ether oxygens (including phenoxy) is 1. The lowest BCUT2D eigenvalue weighted by Crippen LogP contribution is -2.28. The number of benzene rings is 1. The fourth-order valence-electron chi connectivity index (χ4n) is 3.14. The van der Waals surface area contributed by atoms with Crippen LogP contribution < -0.4 is 15.8 Å². The lowest BCUT2D eigenvalue weighted by Gasteiger charge is -2.21. The first-order valence-electron chi connectivity index (χ1n) is 6.74. The smallest absolute Gasteiger partial charge is 0.129 e. The summed E-state index contributed by atoms with van der Waals surface area (Å²) >= 11 is 5.49. The molecule has 0 fully saturated rings. The van der Waals surface area contributed by atoms with Gasteiger partial charge in [0, 0.05) is 34.7 Å². The molecule has 0 saturated carbocycles. The molecule has 2 aliphatic heterocycles. The molecule has 1 aromatic rings. The molecule has 0 saturated heterocycles. The van der Waals surface area contributed by atoms with E-state index in [4.69, 9.17) is 22.7 Å². The van der Waals surface area contributed by atoms with Crippen molar-refractivity contribution in [2.24, 2.45) is 5.73 Å². The topological polar surface area (TPSA) is 47.3 Å². The van der Waals surface area contributed by atoms with Crippen LogP contribution in [0.1, 0.15) is 43.4 Å².